The van der Waals surface area contributed by atoms with Crippen LogP contribution in [0, 0.1) is 15.5 Å². The highest BCUT2D eigenvalue weighted by atomic mass is 16.6. The summed E-state index contributed by atoms with van der Waals surface area (Å²) in [7, 11) is 1.70. The van der Waals surface area contributed by atoms with Gasteiger partial charge in [0.1, 0.15) is 11.9 Å². The molecule has 1 aliphatic carbocycles. The number of carbonyl (C=O) groups excluding carboxylic acids is 1. The maximum atomic E-state index is 12.2. The van der Waals surface area contributed by atoms with Crippen LogP contribution in [-0.2, 0) is 0 Å². The smallest absolute Gasteiger partial charge is 0.322 e. The van der Waals surface area contributed by atoms with E-state index in [0.717, 1.165) is 19.0 Å². The Morgan fingerprint density at radius 1 is 1.60 bits per heavy atom. The summed E-state index contributed by atoms with van der Waals surface area (Å²) >= 11 is 0. The van der Waals surface area contributed by atoms with E-state index >= 15 is 0 Å². The second-order valence-corrected chi connectivity index (χ2v) is 5.52. The molecule has 1 aromatic rings. The third-order valence-corrected chi connectivity index (χ3v) is 4.19. The summed E-state index contributed by atoms with van der Waals surface area (Å²) in [5, 5.41) is 13.5. The summed E-state index contributed by atoms with van der Waals surface area (Å²) in [4.78, 5) is 27.8. The molecule has 7 nitrogen and oxygen atoms in total. The van der Waals surface area contributed by atoms with E-state index in [-0.39, 0.29) is 28.9 Å². The highest BCUT2D eigenvalue weighted by Gasteiger charge is 2.45. The Labute approximate surface area is 117 Å². The Morgan fingerprint density at radius 3 is 2.80 bits per heavy atom. The van der Waals surface area contributed by atoms with E-state index in [1.807, 2.05) is 6.92 Å². The summed E-state index contributed by atoms with van der Waals surface area (Å²) in [5.74, 6) is 0. The quantitative estimate of drug-likeness (QED) is 0.677. The van der Waals surface area contributed by atoms with Crippen molar-refractivity contribution in [1.82, 2.24) is 9.88 Å². The normalized spacial score (nSPS) is 17.1. The number of carbonyl (C=O) groups is 1. The van der Waals surface area contributed by atoms with Crippen LogP contribution >= 0.6 is 0 Å². The van der Waals surface area contributed by atoms with Crippen molar-refractivity contribution in [2.75, 3.05) is 12.4 Å². The van der Waals surface area contributed by atoms with E-state index in [9.17, 15) is 14.9 Å². The van der Waals surface area contributed by atoms with Crippen molar-refractivity contribution in [3.05, 3.63) is 28.6 Å². The van der Waals surface area contributed by atoms with Crippen LogP contribution in [0.4, 0.5) is 16.2 Å². The van der Waals surface area contributed by atoms with E-state index in [0.29, 0.717) is 0 Å². The number of rotatable bonds is 4. The zero-order valence-electron chi connectivity index (χ0n) is 11.8. The van der Waals surface area contributed by atoms with Gasteiger partial charge in [-0.1, -0.05) is 6.92 Å². The Kier molecular flexibility index (Phi) is 3.61. The summed E-state index contributed by atoms with van der Waals surface area (Å²) in [6.45, 7) is 4.13. The molecule has 1 heterocycles. The molecule has 108 valence electrons. The standard InChI is InChI=1S/C13H18N4O3/c1-9(13(2)5-6-13)16(3)12(18)15-10-4-7-14-8-11(10)17(19)20/h4,7-9H,5-6H2,1-3H3,(H,14,15,18). The number of hydrogen-bond acceptors (Lipinski definition) is 4. The number of nitro groups is 1. The van der Waals surface area contributed by atoms with Gasteiger partial charge in [-0.2, -0.15) is 0 Å². The molecule has 2 amide bonds. The minimum Gasteiger partial charge on any atom is -0.324 e. The van der Waals surface area contributed by atoms with Crippen LogP contribution in [0.25, 0.3) is 0 Å². The number of nitrogens with one attached hydrogen (secondary N) is 1. The van der Waals surface area contributed by atoms with Crippen molar-refractivity contribution in [3.63, 3.8) is 0 Å². The van der Waals surface area contributed by atoms with Gasteiger partial charge in [0.2, 0.25) is 0 Å². The molecule has 0 saturated heterocycles. The second-order valence-electron chi connectivity index (χ2n) is 5.52. The first kappa shape index (κ1) is 14.2. The van der Waals surface area contributed by atoms with E-state index in [1.54, 1.807) is 11.9 Å². The van der Waals surface area contributed by atoms with Crippen molar-refractivity contribution < 1.29 is 9.72 Å². The zero-order valence-corrected chi connectivity index (χ0v) is 11.8. The molecule has 1 unspecified atom stereocenters. The highest BCUT2D eigenvalue weighted by Crippen LogP contribution is 2.49. The molecule has 0 aromatic carbocycles. The van der Waals surface area contributed by atoms with Crippen molar-refractivity contribution >= 4 is 17.4 Å². The number of amides is 2. The van der Waals surface area contributed by atoms with Gasteiger partial charge in [0.05, 0.1) is 4.92 Å². The molecule has 1 fully saturated rings. The number of anilines is 1. The van der Waals surface area contributed by atoms with E-state index in [1.165, 1.54) is 12.3 Å². The molecule has 7 heteroatoms. The third-order valence-electron chi connectivity index (χ3n) is 4.19. The van der Waals surface area contributed by atoms with Crippen LogP contribution in [0.5, 0.6) is 0 Å². The second kappa shape index (κ2) is 5.07. The van der Waals surface area contributed by atoms with Gasteiger partial charge < -0.3 is 10.2 Å². The minimum absolute atomic E-state index is 0.0865. The molecular weight excluding hydrogens is 260 g/mol. The maximum Gasteiger partial charge on any atom is 0.322 e. The topological polar surface area (TPSA) is 88.4 Å². The lowest BCUT2D eigenvalue weighted by Gasteiger charge is -2.30. The fourth-order valence-electron chi connectivity index (χ4n) is 2.10. The number of pyridine rings is 1. The molecular formula is C13H18N4O3. The number of urea groups is 1. The van der Waals surface area contributed by atoms with Gasteiger partial charge in [-0.15, -0.1) is 0 Å². The largest absolute Gasteiger partial charge is 0.324 e. The number of nitrogens with zero attached hydrogens (tertiary/aromatic N) is 3. The van der Waals surface area contributed by atoms with Crippen LogP contribution in [-0.4, -0.2) is 33.9 Å². The molecule has 0 radical (unpaired) electrons. The Morgan fingerprint density at radius 2 is 2.25 bits per heavy atom. The molecule has 1 saturated carbocycles. The fourth-order valence-corrected chi connectivity index (χ4v) is 2.10. The van der Waals surface area contributed by atoms with Crippen LogP contribution in [0.2, 0.25) is 0 Å². The summed E-state index contributed by atoms with van der Waals surface area (Å²) < 4.78 is 0. The average Bonchev–Trinajstić information content (AvgIpc) is 3.16. The van der Waals surface area contributed by atoms with Crippen LogP contribution < -0.4 is 5.32 Å². The van der Waals surface area contributed by atoms with E-state index in [4.69, 9.17) is 0 Å². The van der Waals surface area contributed by atoms with E-state index < -0.39 is 4.92 Å². The lowest BCUT2D eigenvalue weighted by molar-refractivity contribution is -0.384. The van der Waals surface area contributed by atoms with Crippen molar-refractivity contribution in [1.29, 1.82) is 0 Å². The molecule has 1 atom stereocenters. The van der Waals surface area contributed by atoms with Crippen LogP contribution in [0.15, 0.2) is 18.5 Å². The Hall–Kier alpha value is -2.18. The number of hydrogen-bond donors (Lipinski definition) is 1. The Balaban J connectivity index is 2.10. The lowest BCUT2D eigenvalue weighted by atomic mass is 10.00. The van der Waals surface area contributed by atoms with Gasteiger partial charge in [0, 0.05) is 19.3 Å². The lowest BCUT2D eigenvalue weighted by Crippen LogP contribution is -2.42. The molecule has 0 bridgehead atoms. The van der Waals surface area contributed by atoms with Crippen molar-refractivity contribution in [2.45, 2.75) is 32.7 Å². The molecule has 2 rings (SSSR count). The highest BCUT2D eigenvalue weighted by molar-refractivity contribution is 5.91. The van der Waals surface area contributed by atoms with Crippen LogP contribution in [0.3, 0.4) is 0 Å². The summed E-state index contributed by atoms with van der Waals surface area (Å²) in [6.07, 6.45) is 4.73. The average molecular weight is 278 g/mol. The van der Waals surface area contributed by atoms with E-state index in [2.05, 4.69) is 17.2 Å². The molecule has 1 aromatic heterocycles. The van der Waals surface area contributed by atoms with Gasteiger partial charge in [0.25, 0.3) is 0 Å². The molecule has 0 spiro atoms. The number of aromatic nitrogens is 1. The summed E-state index contributed by atoms with van der Waals surface area (Å²) in [6, 6.07) is 1.16. The van der Waals surface area contributed by atoms with Gasteiger partial charge >= 0.3 is 11.7 Å². The predicted octanol–water partition coefficient (Wildman–Crippen LogP) is 2.64. The molecule has 1 N–H and O–H groups in total. The third kappa shape index (κ3) is 2.71. The van der Waals surface area contributed by atoms with Gasteiger partial charge in [0.15, 0.2) is 0 Å². The molecule has 20 heavy (non-hydrogen) atoms. The Bertz CT molecular complexity index is 542. The van der Waals surface area contributed by atoms with Crippen molar-refractivity contribution in [2.24, 2.45) is 5.41 Å². The first-order chi connectivity index (χ1) is 9.35. The monoisotopic (exact) mass is 278 g/mol. The molecule has 0 aliphatic heterocycles. The fraction of sp³-hybridized carbons (Fsp3) is 0.538. The van der Waals surface area contributed by atoms with Crippen LogP contribution in [0.1, 0.15) is 26.7 Å². The first-order valence-corrected chi connectivity index (χ1v) is 6.47. The summed E-state index contributed by atoms with van der Waals surface area (Å²) in [5.41, 5.74) is 0.116. The molecule has 1 aliphatic rings. The van der Waals surface area contributed by atoms with Gasteiger partial charge in [-0.25, -0.2) is 4.79 Å². The minimum atomic E-state index is -0.561. The SMILES string of the molecule is CC(N(C)C(=O)Nc1ccncc1[N+](=O)[O-])C1(C)CC1. The zero-order chi connectivity index (χ0) is 14.9. The first-order valence-electron chi connectivity index (χ1n) is 6.47. The van der Waals surface area contributed by atoms with Gasteiger partial charge in [-0.05, 0) is 31.2 Å². The maximum absolute atomic E-state index is 12.2. The predicted molar refractivity (Wildman–Crippen MR) is 74.5 cm³/mol. The van der Waals surface area contributed by atoms with Crippen molar-refractivity contribution in [3.8, 4) is 0 Å². The van der Waals surface area contributed by atoms with Gasteiger partial charge in [-0.3, -0.25) is 15.1 Å².